The molecule has 0 atom stereocenters. The predicted octanol–water partition coefficient (Wildman–Crippen LogP) is 3.55. The van der Waals surface area contributed by atoms with Crippen molar-refractivity contribution in [3.63, 3.8) is 0 Å². The number of benzene rings is 1. The average Bonchev–Trinajstić information content (AvgIpc) is 3.15. The molecule has 1 aromatic carbocycles. The Bertz CT molecular complexity index is 691. The van der Waals surface area contributed by atoms with Crippen molar-refractivity contribution in [3.8, 4) is 5.75 Å². The number of hydrogen-bond donors (Lipinski definition) is 2. The van der Waals surface area contributed by atoms with Gasteiger partial charge in [-0.2, -0.15) is 0 Å². The Morgan fingerprint density at radius 3 is 2.48 bits per heavy atom. The summed E-state index contributed by atoms with van der Waals surface area (Å²) >= 11 is 0. The Hall–Kier alpha value is -1.58. The Balaban J connectivity index is 0.00000420. The highest BCUT2D eigenvalue weighted by Gasteiger charge is 2.42. The maximum absolute atomic E-state index is 14.0. The van der Waals surface area contributed by atoms with Gasteiger partial charge in [0.2, 0.25) is 5.91 Å². The molecule has 0 aliphatic heterocycles. The van der Waals surface area contributed by atoms with Gasteiger partial charge in [-0.05, 0) is 44.4 Å². The minimum atomic E-state index is -0.381. The minimum Gasteiger partial charge on any atom is -0.491 e. The highest BCUT2D eigenvalue weighted by Crippen LogP contribution is 2.38. The fraction of sp³-hybridized carbons (Fsp3) is 0.619. The van der Waals surface area contributed by atoms with Crippen LogP contribution in [0.5, 0.6) is 5.75 Å². The number of hydrogen-bond acceptors (Lipinski definition) is 3. The second kappa shape index (κ2) is 12.2. The van der Waals surface area contributed by atoms with Crippen molar-refractivity contribution in [3.05, 3.63) is 29.6 Å². The molecule has 1 aliphatic rings. The van der Waals surface area contributed by atoms with Crippen LogP contribution >= 0.6 is 24.0 Å². The molecule has 8 heteroatoms. The third-order valence-corrected chi connectivity index (χ3v) is 5.07. The van der Waals surface area contributed by atoms with E-state index >= 15 is 0 Å². The van der Waals surface area contributed by atoms with Crippen molar-refractivity contribution < 1.29 is 13.9 Å². The molecule has 0 bridgehead atoms. The van der Waals surface area contributed by atoms with Crippen molar-refractivity contribution in [2.75, 3.05) is 33.8 Å². The SMILES string of the molecule is CCNC(=NCc1ccc(OCC)c(F)c1)NCC1(C(=O)N(C)C)CCCC1.I. The summed E-state index contributed by atoms with van der Waals surface area (Å²) in [6, 6.07) is 4.90. The van der Waals surface area contributed by atoms with Gasteiger partial charge in [0, 0.05) is 27.2 Å². The number of nitrogens with one attached hydrogen (secondary N) is 2. The number of halogens is 2. The lowest BCUT2D eigenvalue weighted by molar-refractivity contribution is -0.138. The van der Waals surface area contributed by atoms with Gasteiger partial charge in [0.1, 0.15) is 0 Å². The number of aliphatic imine (C=N–C) groups is 1. The van der Waals surface area contributed by atoms with E-state index in [4.69, 9.17) is 4.74 Å². The van der Waals surface area contributed by atoms with E-state index in [9.17, 15) is 9.18 Å². The number of rotatable bonds is 8. The Kier molecular flexibility index (Phi) is 10.7. The fourth-order valence-electron chi connectivity index (χ4n) is 3.67. The molecule has 1 aromatic rings. The van der Waals surface area contributed by atoms with Gasteiger partial charge in [-0.3, -0.25) is 4.79 Å². The number of guanidine groups is 1. The zero-order valence-corrected chi connectivity index (χ0v) is 20.2. The molecule has 164 valence electrons. The normalized spacial score (nSPS) is 15.4. The zero-order chi connectivity index (χ0) is 20.6. The molecular weight excluding hydrogens is 486 g/mol. The average molecular weight is 520 g/mol. The monoisotopic (exact) mass is 520 g/mol. The van der Waals surface area contributed by atoms with Gasteiger partial charge in [0.15, 0.2) is 17.5 Å². The van der Waals surface area contributed by atoms with Gasteiger partial charge in [0.05, 0.1) is 18.6 Å². The lowest BCUT2D eigenvalue weighted by Crippen LogP contribution is -2.49. The predicted molar refractivity (Wildman–Crippen MR) is 125 cm³/mol. The molecule has 0 heterocycles. The summed E-state index contributed by atoms with van der Waals surface area (Å²) in [5.74, 6) is 0.677. The highest BCUT2D eigenvalue weighted by molar-refractivity contribution is 14.0. The van der Waals surface area contributed by atoms with E-state index in [1.54, 1.807) is 11.0 Å². The molecule has 0 unspecified atom stereocenters. The van der Waals surface area contributed by atoms with Crippen LogP contribution in [-0.2, 0) is 11.3 Å². The molecule has 1 amide bonds. The van der Waals surface area contributed by atoms with Crippen LogP contribution in [0.25, 0.3) is 0 Å². The topological polar surface area (TPSA) is 66.0 Å². The van der Waals surface area contributed by atoms with E-state index in [2.05, 4.69) is 15.6 Å². The van der Waals surface area contributed by atoms with Crippen LogP contribution in [0.15, 0.2) is 23.2 Å². The second-order valence-electron chi connectivity index (χ2n) is 7.43. The summed E-state index contributed by atoms with van der Waals surface area (Å²) in [6.07, 6.45) is 3.92. The Labute approximate surface area is 190 Å². The molecule has 0 spiro atoms. The molecular formula is C21H34FIN4O2. The Morgan fingerprint density at radius 1 is 1.24 bits per heavy atom. The maximum atomic E-state index is 14.0. The van der Waals surface area contributed by atoms with E-state index < -0.39 is 0 Å². The third-order valence-electron chi connectivity index (χ3n) is 5.07. The summed E-state index contributed by atoms with van der Waals surface area (Å²) in [5, 5.41) is 6.53. The van der Waals surface area contributed by atoms with Gasteiger partial charge < -0.3 is 20.3 Å². The molecule has 0 saturated heterocycles. The molecule has 6 nitrogen and oxygen atoms in total. The molecule has 29 heavy (non-hydrogen) atoms. The van der Waals surface area contributed by atoms with Crippen molar-refractivity contribution in [2.24, 2.45) is 10.4 Å². The molecule has 1 fully saturated rings. The Morgan fingerprint density at radius 2 is 1.93 bits per heavy atom. The summed E-state index contributed by atoms with van der Waals surface area (Å²) in [4.78, 5) is 19.0. The highest BCUT2D eigenvalue weighted by atomic mass is 127. The second-order valence-corrected chi connectivity index (χ2v) is 7.43. The van der Waals surface area contributed by atoms with E-state index in [0.29, 0.717) is 32.2 Å². The molecule has 2 N–H and O–H groups in total. The molecule has 0 aromatic heterocycles. The van der Waals surface area contributed by atoms with Gasteiger partial charge in [-0.1, -0.05) is 18.9 Å². The van der Waals surface area contributed by atoms with Gasteiger partial charge in [-0.15, -0.1) is 24.0 Å². The van der Waals surface area contributed by atoms with Crippen LogP contribution in [-0.4, -0.2) is 50.6 Å². The van der Waals surface area contributed by atoms with Crippen molar-refractivity contribution in [1.29, 1.82) is 0 Å². The van der Waals surface area contributed by atoms with E-state index in [1.165, 1.54) is 6.07 Å². The molecule has 1 aliphatic carbocycles. The zero-order valence-electron chi connectivity index (χ0n) is 17.9. The summed E-state index contributed by atoms with van der Waals surface area (Å²) < 4.78 is 19.3. The number of nitrogens with zero attached hydrogens (tertiary/aromatic N) is 2. The first-order valence-electron chi connectivity index (χ1n) is 10.1. The number of ether oxygens (including phenoxy) is 1. The van der Waals surface area contributed by atoms with E-state index in [0.717, 1.165) is 31.2 Å². The van der Waals surface area contributed by atoms with Crippen LogP contribution < -0.4 is 15.4 Å². The van der Waals surface area contributed by atoms with Crippen LogP contribution in [0.2, 0.25) is 0 Å². The van der Waals surface area contributed by atoms with Crippen molar-refractivity contribution in [2.45, 2.75) is 46.1 Å². The summed E-state index contributed by atoms with van der Waals surface area (Å²) in [5.41, 5.74) is 0.392. The lowest BCUT2D eigenvalue weighted by atomic mass is 9.84. The third kappa shape index (κ3) is 7.01. The van der Waals surface area contributed by atoms with Gasteiger partial charge >= 0.3 is 0 Å². The van der Waals surface area contributed by atoms with E-state index in [1.807, 2.05) is 34.0 Å². The minimum absolute atomic E-state index is 0. The standard InChI is InChI=1S/C21H33FN4O2.HI/c1-5-23-20(24-14-16-9-10-18(28-6-2)17(22)13-16)25-15-21(11-7-8-12-21)19(27)26(3)4;/h9-10,13H,5-8,11-12,14-15H2,1-4H3,(H2,23,24,25);1H. The van der Waals surface area contributed by atoms with Crippen LogP contribution in [0, 0.1) is 11.2 Å². The molecule has 1 saturated carbocycles. The fourth-order valence-corrected chi connectivity index (χ4v) is 3.67. The van der Waals surface area contributed by atoms with Crippen molar-refractivity contribution in [1.82, 2.24) is 15.5 Å². The summed E-state index contributed by atoms with van der Waals surface area (Å²) in [6.45, 7) is 5.84. The molecule has 0 radical (unpaired) electrons. The van der Waals surface area contributed by atoms with E-state index in [-0.39, 0.29) is 46.9 Å². The number of carbonyl (C=O) groups is 1. The van der Waals surface area contributed by atoms with Crippen molar-refractivity contribution >= 4 is 35.8 Å². The number of carbonyl (C=O) groups excluding carboxylic acids is 1. The maximum Gasteiger partial charge on any atom is 0.230 e. The smallest absolute Gasteiger partial charge is 0.230 e. The first-order chi connectivity index (χ1) is 13.4. The van der Waals surface area contributed by atoms with Gasteiger partial charge in [0.25, 0.3) is 0 Å². The molecule has 2 rings (SSSR count). The first-order valence-corrected chi connectivity index (χ1v) is 10.1. The lowest BCUT2D eigenvalue weighted by Gasteiger charge is -2.31. The summed E-state index contributed by atoms with van der Waals surface area (Å²) in [7, 11) is 3.62. The first kappa shape index (κ1) is 25.5. The number of amides is 1. The van der Waals surface area contributed by atoms with Gasteiger partial charge in [-0.25, -0.2) is 9.38 Å². The van der Waals surface area contributed by atoms with Crippen LogP contribution in [0.1, 0.15) is 45.1 Å². The largest absolute Gasteiger partial charge is 0.491 e. The quantitative estimate of drug-likeness (QED) is 0.313. The van der Waals surface area contributed by atoms with Crippen LogP contribution in [0.4, 0.5) is 4.39 Å². The van der Waals surface area contributed by atoms with Crippen LogP contribution in [0.3, 0.4) is 0 Å².